The molecule has 0 aliphatic heterocycles. The van der Waals surface area contributed by atoms with Crippen molar-refractivity contribution in [2.75, 3.05) is 30.8 Å². The third kappa shape index (κ3) is 8.30. The number of halogens is 2. The third-order valence-electron chi connectivity index (χ3n) is 5.21. The van der Waals surface area contributed by atoms with Crippen molar-refractivity contribution in [2.45, 2.75) is 33.4 Å². The number of carbonyl (C=O) groups is 2. The molecule has 192 valence electrons. The molecule has 0 aliphatic rings. The van der Waals surface area contributed by atoms with Crippen LogP contribution >= 0.6 is 23.2 Å². The summed E-state index contributed by atoms with van der Waals surface area (Å²) in [5.74, 6) is -0.450. The molecular formula is C24H31Cl2N3O5S. The molecular weight excluding hydrogens is 513 g/mol. The number of nitrogens with one attached hydrogen (secondary N) is 1. The predicted octanol–water partition coefficient (Wildman–Crippen LogP) is 3.96. The summed E-state index contributed by atoms with van der Waals surface area (Å²) in [5, 5.41) is 3.64. The number of rotatable bonds is 11. The Bertz CT molecular complexity index is 1140. The Morgan fingerprint density at radius 3 is 2.17 bits per heavy atom. The molecule has 0 radical (unpaired) electrons. The summed E-state index contributed by atoms with van der Waals surface area (Å²) in [6.07, 6.45) is 0.989. The van der Waals surface area contributed by atoms with E-state index < -0.39 is 28.5 Å². The molecule has 1 unspecified atom stereocenters. The maximum Gasteiger partial charge on any atom is 0.244 e. The quantitative estimate of drug-likeness (QED) is 0.462. The minimum atomic E-state index is -3.91. The number of amides is 2. The van der Waals surface area contributed by atoms with Crippen LogP contribution in [0.3, 0.4) is 0 Å². The second kappa shape index (κ2) is 12.5. The van der Waals surface area contributed by atoms with E-state index in [1.165, 1.54) is 24.1 Å². The van der Waals surface area contributed by atoms with Crippen LogP contribution in [0, 0.1) is 5.92 Å². The van der Waals surface area contributed by atoms with Gasteiger partial charge in [-0.2, -0.15) is 0 Å². The molecule has 11 heteroatoms. The molecule has 2 amide bonds. The molecule has 2 aromatic carbocycles. The predicted molar refractivity (Wildman–Crippen MR) is 140 cm³/mol. The molecule has 0 saturated carbocycles. The molecule has 0 aliphatic carbocycles. The van der Waals surface area contributed by atoms with Crippen molar-refractivity contribution in [2.24, 2.45) is 5.92 Å². The lowest BCUT2D eigenvalue weighted by molar-refractivity contribution is -0.139. The van der Waals surface area contributed by atoms with Crippen molar-refractivity contribution in [1.82, 2.24) is 10.2 Å². The smallest absolute Gasteiger partial charge is 0.244 e. The summed E-state index contributed by atoms with van der Waals surface area (Å²) in [6.45, 7) is 5.50. The van der Waals surface area contributed by atoms with Crippen LogP contribution in [0.5, 0.6) is 5.75 Å². The molecule has 2 aromatic rings. The Morgan fingerprint density at radius 2 is 1.63 bits per heavy atom. The topological polar surface area (TPSA) is 96.0 Å². The molecule has 1 N–H and O–H groups in total. The van der Waals surface area contributed by atoms with Crippen LogP contribution < -0.4 is 14.4 Å². The van der Waals surface area contributed by atoms with Gasteiger partial charge in [0.15, 0.2) is 0 Å². The molecule has 0 fully saturated rings. The van der Waals surface area contributed by atoms with E-state index in [0.29, 0.717) is 11.6 Å². The molecule has 0 aromatic heterocycles. The van der Waals surface area contributed by atoms with Gasteiger partial charge in [0.2, 0.25) is 21.8 Å². The van der Waals surface area contributed by atoms with Crippen molar-refractivity contribution >= 4 is 50.7 Å². The van der Waals surface area contributed by atoms with Crippen molar-refractivity contribution in [1.29, 1.82) is 0 Å². The van der Waals surface area contributed by atoms with E-state index in [-0.39, 0.29) is 34.8 Å². The number of anilines is 1. The van der Waals surface area contributed by atoms with Crippen molar-refractivity contribution in [3.05, 3.63) is 58.1 Å². The minimum absolute atomic E-state index is 0.0799. The summed E-state index contributed by atoms with van der Waals surface area (Å²) in [6, 6.07) is 10.5. The molecule has 2 rings (SSSR count). The highest BCUT2D eigenvalue weighted by atomic mass is 35.5. The van der Waals surface area contributed by atoms with Crippen molar-refractivity contribution in [3.63, 3.8) is 0 Å². The van der Waals surface area contributed by atoms with E-state index >= 15 is 0 Å². The average molecular weight is 545 g/mol. The first-order chi connectivity index (χ1) is 16.3. The van der Waals surface area contributed by atoms with Gasteiger partial charge in [0.05, 0.1) is 19.1 Å². The average Bonchev–Trinajstić information content (AvgIpc) is 2.79. The summed E-state index contributed by atoms with van der Waals surface area (Å²) in [7, 11) is -2.52. The lowest BCUT2D eigenvalue weighted by Crippen LogP contribution is -2.51. The van der Waals surface area contributed by atoms with Crippen LogP contribution in [0.15, 0.2) is 42.5 Å². The van der Waals surface area contributed by atoms with Gasteiger partial charge in [-0.05, 0) is 48.7 Å². The molecule has 0 heterocycles. The Labute approximate surface area is 217 Å². The monoisotopic (exact) mass is 543 g/mol. The lowest BCUT2D eigenvalue weighted by atomic mass is 10.1. The number of nitrogens with zero attached hydrogens (tertiary/aromatic N) is 2. The minimum Gasteiger partial charge on any atom is -0.495 e. The highest BCUT2D eigenvalue weighted by Crippen LogP contribution is 2.33. The zero-order valence-corrected chi connectivity index (χ0v) is 22.7. The molecule has 0 bridgehead atoms. The van der Waals surface area contributed by atoms with Gasteiger partial charge in [-0.1, -0.05) is 49.2 Å². The first kappa shape index (κ1) is 28.7. The van der Waals surface area contributed by atoms with Crippen LogP contribution in [0.1, 0.15) is 26.3 Å². The van der Waals surface area contributed by atoms with Crippen LogP contribution in [-0.4, -0.2) is 57.6 Å². The summed E-state index contributed by atoms with van der Waals surface area (Å²) < 4.78 is 31.6. The van der Waals surface area contributed by atoms with Crippen molar-refractivity contribution in [3.8, 4) is 5.75 Å². The zero-order chi connectivity index (χ0) is 26.3. The van der Waals surface area contributed by atoms with E-state index in [4.69, 9.17) is 27.9 Å². The normalized spacial score (nSPS) is 12.2. The molecule has 0 spiro atoms. The third-order valence-corrected chi connectivity index (χ3v) is 6.82. The van der Waals surface area contributed by atoms with E-state index in [9.17, 15) is 18.0 Å². The van der Waals surface area contributed by atoms with Gasteiger partial charge in [0.25, 0.3) is 0 Å². The number of methoxy groups -OCH3 is 1. The maximum absolute atomic E-state index is 13.6. The number of carbonyl (C=O) groups excluding carboxylic acids is 2. The zero-order valence-electron chi connectivity index (χ0n) is 20.4. The number of hydrogen-bond acceptors (Lipinski definition) is 5. The van der Waals surface area contributed by atoms with Gasteiger partial charge >= 0.3 is 0 Å². The lowest BCUT2D eigenvalue weighted by Gasteiger charge is -2.32. The van der Waals surface area contributed by atoms with Gasteiger partial charge in [-0.15, -0.1) is 0 Å². The number of ether oxygens (including phenoxy) is 1. The first-order valence-corrected chi connectivity index (χ1v) is 13.6. The molecule has 1 atom stereocenters. The summed E-state index contributed by atoms with van der Waals surface area (Å²) >= 11 is 12.1. The van der Waals surface area contributed by atoms with E-state index in [0.717, 1.165) is 16.1 Å². The second-order valence-corrected chi connectivity index (χ2v) is 11.3. The maximum atomic E-state index is 13.6. The van der Waals surface area contributed by atoms with Crippen LogP contribution in [0.25, 0.3) is 0 Å². The summed E-state index contributed by atoms with van der Waals surface area (Å²) in [4.78, 5) is 27.7. The first-order valence-electron chi connectivity index (χ1n) is 11.0. The number of benzene rings is 2. The van der Waals surface area contributed by atoms with Gasteiger partial charge < -0.3 is 15.0 Å². The standard InChI is InChI=1S/C24H31Cl2N3O5S/c1-16(2)13-27-24(31)17(3)28(14-18-6-8-19(25)9-7-18)23(30)15-29(35(5,32)33)21-12-20(26)10-11-22(21)34-4/h6-12,16-17H,13-15H2,1-5H3,(H,27,31). The van der Waals surface area contributed by atoms with E-state index in [1.54, 1.807) is 37.3 Å². The largest absolute Gasteiger partial charge is 0.495 e. The van der Waals surface area contributed by atoms with Crippen molar-refractivity contribution < 1.29 is 22.7 Å². The molecule has 0 saturated heterocycles. The highest BCUT2D eigenvalue weighted by Gasteiger charge is 2.31. The van der Waals surface area contributed by atoms with Crippen LogP contribution in [0.2, 0.25) is 10.0 Å². The van der Waals surface area contributed by atoms with Gasteiger partial charge in [0, 0.05) is 23.1 Å². The number of sulfonamides is 1. The fourth-order valence-electron chi connectivity index (χ4n) is 3.27. The fourth-order valence-corrected chi connectivity index (χ4v) is 4.41. The second-order valence-electron chi connectivity index (χ2n) is 8.55. The van der Waals surface area contributed by atoms with E-state index in [1.807, 2.05) is 13.8 Å². The fraction of sp³-hybridized carbons (Fsp3) is 0.417. The van der Waals surface area contributed by atoms with E-state index in [2.05, 4.69) is 5.32 Å². The van der Waals surface area contributed by atoms with Gasteiger partial charge in [-0.25, -0.2) is 8.42 Å². The van der Waals surface area contributed by atoms with Gasteiger partial charge in [-0.3, -0.25) is 13.9 Å². The highest BCUT2D eigenvalue weighted by molar-refractivity contribution is 7.92. The molecule has 8 nitrogen and oxygen atoms in total. The molecule has 35 heavy (non-hydrogen) atoms. The Hall–Kier alpha value is -2.49. The Kier molecular flexibility index (Phi) is 10.2. The Morgan fingerprint density at radius 1 is 1.03 bits per heavy atom. The van der Waals surface area contributed by atoms with Gasteiger partial charge in [0.1, 0.15) is 18.3 Å². The Balaban J connectivity index is 2.43. The van der Waals surface area contributed by atoms with Crippen LogP contribution in [-0.2, 0) is 26.2 Å². The SMILES string of the molecule is COc1ccc(Cl)cc1N(CC(=O)N(Cc1ccc(Cl)cc1)C(C)C(=O)NCC(C)C)S(C)(=O)=O. The van der Waals surface area contributed by atoms with Crippen LogP contribution in [0.4, 0.5) is 5.69 Å². The number of hydrogen-bond donors (Lipinski definition) is 1. The summed E-state index contributed by atoms with van der Waals surface area (Å²) in [5.41, 5.74) is 0.858.